The largest absolute Gasteiger partial charge is 0.507 e. The summed E-state index contributed by atoms with van der Waals surface area (Å²) in [7, 11) is 0. The van der Waals surface area contributed by atoms with E-state index in [2.05, 4.69) is 20.2 Å². The van der Waals surface area contributed by atoms with Gasteiger partial charge >= 0.3 is 0 Å². The van der Waals surface area contributed by atoms with Crippen LogP contribution in [0.2, 0.25) is 0 Å². The smallest absolute Gasteiger partial charge is 0.239 e. The third-order valence-corrected chi connectivity index (χ3v) is 5.31. The summed E-state index contributed by atoms with van der Waals surface area (Å²) >= 11 is 0. The van der Waals surface area contributed by atoms with E-state index < -0.39 is 6.10 Å². The van der Waals surface area contributed by atoms with E-state index in [1.54, 1.807) is 18.2 Å². The number of para-hydroxylation sites is 1. The predicted octanol–water partition coefficient (Wildman–Crippen LogP) is 1.37. The Balaban J connectivity index is 0.00000160. The summed E-state index contributed by atoms with van der Waals surface area (Å²) in [5.41, 5.74) is 1.43. The molecule has 1 aromatic heterocycles. The lowest BCUT2D eigenvalue weighted by Gasteiger charge is -2.36. The van der Waals surface area contributed by atoms with Crippen LogP contribution >= 0.6 is 24.8 Å². The molecule has 0 bridgehead atoms. The quantitative estimate of drug-likeness (QED) is 0.642. The SMILES string of the molecule is Cc1cc(N2CCN(C(=O)[C@@H]3C[C@@H](O)CN3)CC2)nc(-c2ccccc2O)n1.Cl.Cl. The van der Waals surface area contributed by atoms with Gasteiger partial charge in [-0.15, -0.1) is 24.8 Å². The molecule has 0 saturated carbocycles. The Kier molecular flexibility index (Phi) is 8.25. The van der Waals surface area contributed by atoms with Gasteiger partial charge in [0.15, 0.2) is 5.82 Å². The highest BCUT2D eigenvalue weighted by Gasteiger charge is 2.33. The van der Waals surface area contributed by atoms with E-state index in [-0.39, 0.29) is 42.5 Å². The molecule has 2 fully saturated rings. The Morgan fingerprint density at radius 1 is 1.13 bits per heavy atom. The molecule has 164 valence electrons. The molecule has 1 amide bonds. The predicted molar refractivity (Wildman–Crippen MR) is 120 cm³/mol. The van der Waals surface area contributed by atoms with E-state index in [0.29, 0.717) is 50.5 Å². The van der Waals surface area contributed by atoms with Crippen molar-refractivity contribution >= 4 is 36.5 Å². The normalized spacial score (nSPS) is 21.0. The Bertz CT molecular complexity index is 877. The molecule has 0 radical (unpaired) electrons. The van der Waals surface area contributed by atoms with Crippen LogP contribution in [0.3, 0.4) is 0 Å². The highest BCUT2D eigenvalue weighted by atomic mass is 35.5. The minimum absolute atomic E-state index is 0. The fraction of sp³-hybridized carbons (Fsp3) is 0.450. The van der Waals surface area contributed by atoms with Crippen molar-refractivity contribution in [1.29, 1.82) is 0 Å². The van der Waals surface area contributed by atoms with E-state index in [4.69, 9.17) is 0 Å². The average Bonchev–Trinajstić information content (AvgIpc) is 3.14. The first-order valence-corrected chi connectivity index (χ1v) is 9.60. The summed E-state index contributed by atoms with van der Waals surface area (Å²) in [6.45, 7) is 4.97. The number of aliphatic hydroxyl groups is 1. The van der Waals surface area contributed by atoms with Gasteiger partial charge in [-0.25, -0.2) is 9.97 Å². The molecule has 4 rings (SSSR count). The highest BCUT2D eigenvalue weighted by Crippen LogP contribution is 2.28. The molecule has 3 heterocycles. The third kappa shape index (κ3) is 5.13. The number of phenols is 1. The van der Waals surface area contributed by atoms with Crippen LogP contribution in [0.25, 0.3) is 11.4 Å². The molecule has 1 aromatic carbocycles. The molecule has 2 saturated heterocycles. The van der Waals surface area contributed by atoms with Gasteiger partial charge in [0, 0.05) is 44.5 Å². The van der Waals surface area contributed by atoms with Crippen molar-refractivity contribution in [2.45, 2.75) is 25.5 Å². The zero-order chi connectivity index (χ0) is 19.7. The van der Waals surface area contributed by atoms with Crippen molar-refractivity contribution in [2.24, 2.45) is 0 Å². The molecule has 2 aromatic rings. The number of benzene rings is 1. The number of piperazine rings is 1. The van der Waals surface area contributed by atoms with Crippen molar-refractivity contribution in [3.8, 4) is 17.1 Å². The van der Waals surface area contributed by atoms with Crippen LogP contribution in [0.15, 0.2) is 30.3 Å². The lowest BCUT2D eigenvalue weighted by Crippen LogP contribution is -2.53. The lowest BCUT2D eigenvalue weighted by molar-refractivity contribution is -0.133. The standard InChI is InChI=1S/C20H25N5O3.2ClH/c1-13-10-18(23-19(22-13)15-4-2-3-5-17(15)27)24-6-8-25(9-7-24)20(28)16-11-14(26)12-21-16;;/h2-5,10,14,16,21,26-27H,6-9,11-12H2,1H3;2*1H/t14-,16+;;/m1../s1. The van der Waals surface area contributed by atoms with E-state index >= 15 is 0 Å². The fourth-order valence-corrected chi connectivity index (χ4v) is 3.78. The second-order valence-corrected chi connectivity index (χ2v) is 7.37. The van der Waals surface area contributed by atoms with E-state index in [1.165, 1.54) is 0 Å². The lowest BCUT2D eigenvalue weighted by atomic mass is 10.1. The summed E-state index contributed by atoms with van der Waals surface area (Å²) in [4.78, 5) is 25.7. The average molecular weight is 456 g/mol. The number of amides is 1. The molecule has 10 heteroatoms. The van der Waals surface area contributed by atoms with Gasteiger partial charge < -0.3 is 25.3 Å². The molecule has 0 spiro atoms. The minimum Gasteiger partial charge on any atom is -0.507 e. The number of nitrogens with one attached hydrogen (secondary N) is 1. The number of aryl methyl sites for hydroxylation is 1. The van der Waals surface area contributed by atoms with Crippen molar-refractivity contribution in [3.05, 3.63) is 36.0 Å². The number of hydrogen-bond acceptors (Lipinski definition) is 7. The van der Waals surface area contributed by atoms with Crippen LogP contribution in [0.1, 0.15) is 12.1 Å². The van der Waals surface area contributed by atoms with E-state index in [1.807, 2.05) is 24.0 Å². The molecule has 2 aliphatic rings. The monoisotopic (exact) mass is 455 g/mol. The Labute approximate surface area is 188 Å². The maximum absolute atomic E-state index is 12.6. The van der Waals surface area contributed by atoms with Gasteiger partial charge in [-0.05, 0) is 25.5 Å². The first-order chi connectivity index (χ1) is 13.5. The molecule has 2 atom stereocenters. The van der Waals surface area contributed by atoms with Crippen LogP contribution in [0.4, 0.5) is 5.82 Å². The maximum Gasteiger partial charge on any atom is 0.239 e. The molecule has 30 heavy (non-hydrogen) atoms. The number of aromatic hydroxyl groups is 1. The van der Waals surface area contributed by atoms with Crippen molar-refractivity contribution < 1.29 is 15.0 Å². The van der Waals surface area contributed by atoms with Crippen LogP contribution in [0.5, 0.6) is 5.75 Å². The Hall–Kier alpha value is -2.13. The van der Waals surface area contributed by atoms with Crippen LogP contribution in [-0.4, -0.2) is 75.9 Å². The first kappa shape index (κ1) is 24.1. The van der Waals surface area contributed by atoms with Gasteiger partial charge in [-0.3, -0.25) is 4.79 Å². The van der Waals surface area contributed by atoms with Crippen LogP contribution in [0, 0.1) is 6.92 Å². The summed E-state index contributed by atoms with van der Waals surface area (Å²) in [5.74, 6) is 1.51. The molecular formula is C20H27Cl2N5O3. The number of nitrogens with zero attached hydrogens (tertiary/aromatic N) is 4. The van der Waals surface area contributed by atoms with Gasteiger partial charge in [-0.1, -0.05) is 12.1 Å². The van der Waals surface area contributed by atoms with E-state index in [9.17, 15) is 15.0 Å². The molecule has 8 nitrogen and oxygen atoms in total. The van der Waals surface area contributed by atoms with Crippen molar-refractivity contribution in [2.75, 3.05) is 37.6 Å². The number of rotatable bonds is 3. The number of halogens is 2. The zero-order valence-corrected chi connectivity index (χ0v) is 18.3. The van der Waals surface area contributed by atoms with Gasteiger partial charge in [0.2, 0.25) is 5.91 Å². The number of phenolic OH excluding ortho intramolecular Hbond substituents is 1. The summed E-state index contributed by atoms with van der Waals surface area (Å²) in [6.07, 6.45) is 0.0423. The molecule has 3 N–H and O–H groups in total. The topological polar surface area (TPSA) is 102 Å². The maximum atomic E-state index is 12.6. The summed E-state index contributed by atoms with van der Waals surface area (Å²) < 4.78 is 0. The highest BCUT2D eigenvalue weighted by molar-refractivity contribution is 5.85. The number of carbonyl (C=O) groups is 1. The van der Waals surface area contributed by atoms with Gasteiger partial charge in [0.1, 0.15) is 11.6 Å². The Morgan fingerprint density at radius 3 is 2.47 bits per heavy atom. The van der Waals surface area contributed by atoms with Crippen molar-refractivity contribution in [1.82, 2.24) is 20.2 Å². The minimum atomic E-state index is -0.438. The van der Waals surface area contributed by atoms with Crippen LogP contribution < -0.4 is 10.2 Å². The van der Waals surface area contributed by atoms with Crippen LogP contribution in [-0.2, 0) is 4.79 Å². The number of carbonyl (C=O) groups excluding carboxylic acids is 1. The Morgan fingerprint density at radius 2 is 1.83 bits per heavy atom. The first-order valence-electron chi connectivity index (χ1n) is 9.60. The molecule has 0 unspecified atom stereocenters. The van der Waals surface area contributed by atoms with E-state index in [0.717, 1.165) is 11.5 Å². The molecule has 2 aliphatic heterocycles. The second-order valence-electron chi connectivity index (χ2n) is 7.37. The second kappa shape index (κ2) is 10.3. The number of hydrogen-bond donors (Lipinski definition) is 3. The molecular weight excluding hydrogens is 429 g/mol. The van der Waals surface area contributed by atoms with Gasteiger partial charge in [0.05, 0.1) is 17.7 Å². The van der Waals surface area contributed by atoms with Gasteiger partial charge in [0.25, 0.3) is 0 Å². The molecule has 0 aliphatic carbocycles. The number of anilines is 1. The number of β-amino-alcohol motifs (C(OH)–C–C–N with tert-alkyl or cyclic N) is 1. The summed E-state index contributed by atoms with van der Waals surface area (Å²) in [6, 6.07) is 8.68. The fourth-order valence-electron chi connectivity index (χ4n) is 3.78. The van der Waals surface area contributed by atoms with Gasteiger partial charge in [-0.2, -0.15) is 0 Å². The third-order valence-electron chi connectivity index (χ3n) is 5.31. The zero-order valence-electron chi connectivity index (χ0n) is 16.7. The number of aliphatic hydroxyl groups excluding tert-OH is 1. The van der Waals surface area contributed by atoms with Crippen molar-refractivity contribution in [3.63, 3.8) is 0 Å². The number of aromatic nitrogens is 2. The summed E-state index contributed by atoms with van der Waals surface area (Å²) in [5, 5.41) is 22.8.